The summed E-state index contributed by atoms with van der Waals surface area (Å²) in [6, 6.07) is 7.65. The third-order valence-electron chi connectivity index (χ3n) is 3.40. The first-order valence-corrected chi connectivity index (χ1v) is 6.08. The van der Waals surface area contributed by atoms with Crippen molar-refractivity contribution in [3.05, 3.63) is 29.8 Å². The van der Waals surface area contributed by atoms with Gasteiger partial charge in [-0.25, -0.2) is 9.48 Å². The number of hydrogen-bond donors (Lipinski definition) is 1. The molecule has 0 aliphatic heterocycles. The molecule has 0 fully saturated rings. The Morgan fingerprint density at radius 3 is 2.53 bits per heavy atom. The van der Waals surface area contributed by atoms with E-state index in [1.165, 1.54) is 4.68 Å². The SMILES string of the molecule is CCC(C)(C(=O)O)n1nnnc1-c1ccc(C)cc1. The molecule has 1 aromatic carbocycles. The van der Waals surface area contributed by atoms with Gasteiger partial charge in [-0.1, -0.05) is 36.8 Å². The highest BCUT2D eigenvalue weighted by Crippen LogP contribution is 2.26. The molecule has 0 spiro atoms. The summed E-state index contributed by atoms with van der Waals surface area (Å²) in [7, 11) is 0. The Morgan fingerprint density at radius 1 is 1.37 bits per heavy atom. The molecule has 1 N–H and O–H groups in total. The Kier molecular flexibility index (Phi) is 3.33. The number of nitrogens with zero attached hydrogens (tertiary/aromatic N) is 4. The zero-order valence-electron chi connectivity index (χ0n) is 11.2. The molecule has 1 atom stereocenters. The topological polar surface area (TPSA) is 80.9 Å². The third-order valence-corrected chi connectivity index (χ3v) is 3.40. The van der Waals surface area contributed by atoms with Gasteiger partial charge >= 0.3 is 5.97 Å². The summed E-state index contributed by atoms with van der Waals surface area (Å²) in [6.07, 6.45) is 0.395. The summed E-state index contributed by atoms with van der Waals surface area (Å²) < 4.78 is 1.37. The number of aryl methyl sites for hydroxylation is 1. The molecule has 1 heterocycles. The van der Waals surface area contributed by atoms with E-state index in [-0.39, 0.29) is 0 Å². The molecule has 0 bridgehead atoms. The molecule has 0 aliphatic rings. The lowest BCUT2D eigenvalue weighted by molar-refractivity contribution is -0.147. The maximum atomic E-state index is 11.5. The summed E-state index contributed by atoms with van der Waals surface area (Å²) >= 11 is 0. The Labute approximate surface area is 111 Å². The van der Waals surface area contributed by atoms with E-state index in [4.69, 9.17) is 0 Å². The number of hydrogen-bond acceptors (Lipinski definition) is 4. The van der Waals surface area contributed by atoms with E-state index in [0.29, 0.717) is 12.2 Å². The van der Waals surface area contributed by atoms with Crippen LogP contribution in [0.5, 0.6) is 0 Å². The molecule has 2 rings (SSSR count). The lowest BCUT2D eigenvalue weighted by Gasteiger charge is -2.23. The highest BCUT2D eigenvalue weighted by atomic mass is 16.4. The first-order chi connectivity index (χ1) is 8.99. The van der Waals surface area contributed by atoms with Gasteiger partial charge in [0.05, 0.1) is 0 Å². The van der Waals surface area contributed by atoms with Gasteiger partial charge < -0.3 is 5.11 Å². The van der Waals surface area contributed by atoms with Crippen molar-refractivity contribution in [2.75, 3.05) is 0 Å². The standard InChI is InChI=1S/C13H16N4O2/c1-4-13(3,12(18)19)17-11(14-15-16-17)10-7-5-9(2)6-8-10/h5-8H,4H2,1-3H3,(H,18,19). The van der Waals surface area contributed by atoms with Crippen LogP contribution in [0, 0.1) is 6.92 Å². The summed E-state index contributed by atoms with van der Waals surface area (Å²) in [5, 5.41) is 20.8. The molecule has 0 amide bonds. The molecule has 1 aromatic heterocycles. The van der Waals surface area contributed by atoms with Crippen molar-refractivity contribution in [2.45, 2.75) is 32.7 Å². The van der Waals surface area contributed by atoms with E-state index >= 15 is 0 Å². The van der Waals surface area contributed by atoms with Gasteiger partial charge in [0, 0.05) is 5.56 Å². The maximum absolute atomic E-state index is 11.5. The van der Waals surface area contributed by atoms with Crippen molar-refractivity contribution in [3.8, 4) is 11.4 Å². The molecule has 0 aliphatic carbocycles. The first-order valence-electron chi connectivity index (χ1n) is 6.08. The number of aliphatic carboxylic acids is 1. The number of tetrazole rings is 1. The number of carbonyl (C=O) groups is 1. The minimum Gasteiger partial charge on any atom is -0.479 e. The van der Waals surface area contributed by atoms with Gasteiger partial charge in [0.2, 0.25) is 0 Å². The Bertz CT molecular complexity index is 591. The van der Waals surface area contributed by atoms with Crippen LogP contribution in [0.4, 0.5) is 0 Å². The summed E-state index contributed by atoms with van der Waals surface area (Å²) in [4.78, 5) is 11.5. The smallest absolute Gasteiger partial charge is 0.331 e. The van der Waals surface area contributed by atoms with Crippen LogP contribution in [0.2, 0.25) is 0 Å². The number of carboxylic acid groups (broad SMARTS) is 1. The number of aromatic nitrogens is 4. The average Bonchev–Trinajstić information content (AvgIpc) is 2.88. The van der Waals surface area contributed by atoms with Crippen LogP contribution in [-0.2, 0) is 10.3 Å². The Balaban J connectivity index is 2.54. The van der Waals surface area contributed by atoms with Crippen LogP contribution in [0.15, 0.2) is 24.3 Å². The van der Waals surface area contributed by atoms with Gasteiger partial charge in [0.15, 0.2) is 11.4 Å². The molecule has 6 heteroatoms. The third kappa shape index (κ3) is 2.21. The fourth-order valence-corrected chi connectivity index (χ4v) is 1.79. The van der Waals surface area contributed by atoms with Gasteiger partial charge in [0.25, 0.3) is 0 Å². The van der Waals surface area contributed by atoms with E-state index in [2.05, 4.69) is 15.5 Å². The van der Waals surface area contributed by atoms with Gasteiger partial charge in [-0.05, 0) is 30.7 Å². The molecule has 19 heavy (non-hydrogen) atoms. The molecule has 1 unspecified atom stereocenters. The molecular formula is C13H16N4O2. The van der Waals surface area contributed by atoms with Crippen LogP contribution in [0.25, 0.3) is 11.4 Å². The number of benzene rings is 1. The predicted molar refractivity (Wildman–Crippen MR) is 69.6 cm³/mol. The molecule has 100 valence electrons. The van der Waals surface area contributed by atoms with Crippen molar-refractivity contribution in [2.24, 2.45) is 0 Å². The maximum Gasteiger partial charge on any atom is 0.331 e. The van der Waals surface area contributed by atoms with Crippen LogP contribution >= 0.6 is 0 Å². The molecule has 6 nitrogen and oxygen atoms in total. The largest absolute Gasteiger partial charge is 0.479 e. The van der Waals surface area contributed by atoms with Crippen LogP contribution in [0.3, 0.4) is 0 Å². The van der Waals surface area contributed by atoms with Crippen molar-refractivity contribution in [1.29, 1.82) is 0 Å². The molecule has 0 saturated heterocycles. The van der Waals surface area contributed by atoms with Crippen molar-refractivity contribution >= 4 is 5.97 Å². The van der Waals surface area contributed by atoms with E-state index in [0.717, 1.165) is 11.1 Å². The van der Waals surface area contributed by atoms with Gasteiger partial charge in [-0.3, -0.25) is 0 Å². The monoisotopic (exact) mass is 260 g/mol. The van der Waals surface area contributed by atoms with Crippen LogP contribution in [-0.4, -0.2) is 31.3 Å². The fourth-order valence-electron chi connectivity index (χ4n) is 1.79. The molecule has 0 radical (unpaired) electrons. The highest BCUT2D eigenvalue weighted by molar-refractivity contribution is 5.77. The molecule has 2 aromatic rings. The lowest BCUT2D eigenvalue weighted by atomic mass is 9.99. The van der Waals surface area contributed by atoms with Gasteiger partial charge in [0.1, 0.15) is 0 Å². The summed E-state index contributed by atoms with van der Waals surface area (Å²) in [5.41, 5.74) is 0.778. The van der Waals surface area contributed by atoms with Crippen molar-refractivity contribution < 1.29 is 9.90 Å². The lowest BCUT2D eigenvalue weighted by Crippen LogP contribution is -2.39. The van der Waals surface area contributed by atoms with Gasteiger partial charge in [-0.2, -0.15) is 0 Å². The predicted octanol–water partition coefficient (Wildman–Crippen LogP) is 1.86. The zero-order chi connectivity index (χ0) is 14.0. The van der Waals surface area contributed by atoms with E-state index < -0.39 is 11.5 Å². The summed E-state index contributed by atoms with van der Waals surface area (Å²) in [6.45, 7) is 5.40. The second-order valence-electron chi connectivity index (χ2n) is 4.71. The Hall–Kier alpha value is -2.24. The fraction of sp³-hybridized carbons (Fsp3) is 0.385. The number of rotatable bonds is 4. The first kappa shape index (κ1) is 13.2. The molecule has 0 saturated carbocycles. The van der Waals surface area contributed by atoms with Crippen LogP contribution in [0.1, 0.15) is 25.8 Å². The van der Waals surface area contributed by atoms with E-state index in [1.807, 2.05) is 31.2 Å². The second-order valence-corrected chi connectivity index (χ2v) is 4.71. The average molecular weight is 260 g/mol. The highest BCUT2D eigenvalue weighted by Gasteiger charge is 2.37. The van der Waals surface area contributed by atoms with Crippen LogP contribution < -0.4 is 0 Å². The summed E-state index contributed by atoms with van der Waals surface area (Å²) in [5.74, 6) is -0.484. The minimum atomic E-state index is -1.15. The zero-order valence-corrected chi connectivity index (χ0v) is 11.2. The molecular weight excluding hydrogens is 244 g/mol. The van der Waals surface area contributed by atoms with Crippen molar-refractivity contribution in [1.82, 2.24) is 20.2 Å². The quantitative estimate of drug-likeness (QED) is 0.907. The van der Waals surface area contributed by atoms with Crippen molar-refractivity contribution in [3.63, 3.8) is 0 Å². The normalized spacial score (nSPS) is 14.1. The van der Waals surface area contributed by atoms with E-state index in [9.17, 15) is 9.90 Å². The number of carboxylic acids is 1. The second kappa shape index (κ2) is 4.79. The Morgan fingerprint density at radius 2 is 2.00 bits per heavy atom. The van der Waals surface area contributed by atoms with Gasteiger partial charge in [-0.15, -0.1) is 5.10 Å². The minimum absolute atomic E-state index is 0.395. The van der Waals surface area contributed by atoms with E-state index in [1.54, 1.807) is 13.8 Å².